The molecule has 0 spiro atoms. The second-order valence-electron chi connectivity index (χ2n) is 4.72. The lowest BCUT2D eigenvalue weighted by Gasteiger charge is -2.11. The minimum atomic E-state index is -0.926. The predicted molar refractivity (Wildman–Crippen MR) is 66.5 cm³/mol. The topological polar surface area (TPSA) is 92.4 Å². The average Bonchev–Trinajstić information content (AvgIpc) is 2.24. The number of rotatable bonds is 9. The highest BCUT2D eigenvalue weighted by molar-refractivity contribution is 5.82. The van der Waals surface area contributed by atoms with Crippen molar-refractivity contribution in [3.8, 4) is 0 Å². The maximum Gasteiger partial charge on any atom is 0.303 e. The van der Waals surface area contributed by atoms with Gasteiger partial charge < -0.3 is 16.2 Å². The van der Waals surface area contributed by atoms with Gasteiger partial charge in [0.15, 0.2) is 0 Å². The standard InChI is InChI=1S/C12H24N2O3/c1-9(2)5-3-4-8-14-12(17)10(13)6-7-11(15)16/h9-10H,3-8,13H2,1-2H3,(H,14,17)(H,15,16). The third kappa shape index (κ3) is 9.81. The summed E-state index contributed by atoms with van der Waals surface area (Å²) in [6, 6.07) is -0.712. The molecule has 5 heteroatoms. The number of carboxylic acids is 1. The monoisotopic (exact) mass is 244 g/mol. The number of nitrogens with two attached hydrogens (primary N) is 1. The smallest absolute Gasteiger partial charge is 0.303 e. The Bertz CT molecular complexity index is 242. The molecule has 5 nitrogen and oxygen atoms in total. The van der Waals surface area contributed by atoms with Crippen LogP contribution in [0.1, 0.15) is 46.0 Å². The number of hydrogen-bond donors (Lipinski definition) is 3. The highest BCUT2D eigenvalue weighted by atomic mass is 16.4. The summed E-state index contributed by atoms with van der Waals surface area (Å²) in [4.78, 5) is 21.7. The molecule has 0 radical (unpaired) electrons. The summed E-state index contributed by atoms with van der Waals surface area (Å²) in [6.45, 7) is 4.95. The summed E-state index contributed by atoms with van der Waals surface area (Å²) in [7, 11) is 0. The molecule has 0 aromatic rings. The predicted octanol–water partition coefficient (Wildman–Crippen LogP) is 1.12. The molecule has 0 aromatic heterocycles. The molecular weight excluding hydrogens is 220 g/mol. The van der Waals surface area contributed by atoms with Crippen molar-refractivity contribution in [2.45, 2.75) is 52.0 Å². The molecule has 0 saturated heterocycles. The Morgan fingerprint density at radius 2 is 1.88 bits per heavy atom. The Morgan fingerprint density at radius 1 is 1.24 bits per heavy atom. The molecule has 17 heavy (non-hydrogen) atoms. The molecule has 0 heterocycles. The van der Waals surface area contributed by atoms with E-state index in [-0.39, 0.29) is 18.7 Å². The number of nitrogens with one attached hydrogen (secondary N) is 1. The molecule has 100 valence electrons. The molecule has 0 aliphatic carbocycles. The summed E-state index contributed by atoms with van der Waals surface area (Å²) in [6.07, 6.45) is 3.30. The van der Waals surface area contributed by atoms with E-state index in [4.69, 9.17) is 10.8 Å². The number of hydrogen-bond acceptors (Lipinski definition) is 3. The summed E-state index contributed by atoms with van der Waals surface area (Å²) in [5.41, 5.74) is 5.55. The van der Waals surface area contributed by atoms with Gasteiger partial charge in [0.2, 0.25) is 5.91 Å². The van der Waals surface area contributed by atoms with E-state index in [9.17, 15) is 9.59 Å². The molecule has 1 atom stereocenters. The van der Waals surface area contributed by atoms with Gasteiger partial charge in [-0.2, -0.15) is 0 Å². The molecule has 0 aliphatic heterocycles. The number of carboxylic acid groups (broad SMARTS) is 1. The Kier molecular flexibility index (Phi) is 8.40. The van der Waals surface area contributed by atoms with Crippen molar-refractivity contribution in [3.63, 3.8) is 0 Å². The van der Waals surface area contributed by atoms with Crippen LogP contribution < -0.4 is 11.1 Å². The van der Waals surface area contributed by atoms with E-state index < -0.39 is 12.0 Å². The van der Waals surface area contributed by atoms with Crippen molar-refractivity contribution in [1.82, 2.24) is 5.32 Å². The summed E-state index contributed by atoms with van der Waals surface area (Å²) in [5.74, 6) is -0.496. The van der Waals surface area contributed by atoms with Gasteiger partial charge in [-0.1, -0.05) is 26.7 Å². The van der Waals surface area contributed by atoms with Crippen molar-refractivity contribution in [3.05, 3.63) is 0 Å². The van der Waals surface area contributed by atoms with Crippen LogP contribution in [-0.2, 0) is 9.59 Å². The van der Waals surface area contributed by atoms with Crippen LogP contribution in [0.3, 0.4) is 0 Å². The molecule has 1 amide bonds. The van der Waals surface area contributed by atoms with Crippen molar-refractivity contribution in [1.29, 1.82) is 0 Å². The number of aliphatic carboxylic acids is 1. The summed E-state index contributed by atoms with van der Waals surface area (Å²) in [5, 5.41) is 11.2. The zero-order valence-electron chi connectivity index (χ0n) is 10.7. The van der Waals surface area contributed by atoms with Crippen molar-refractivity contribution < 1.29 is 14.7 Å². The molecule has 0 aliphatic rings. The Hall–Kier alpha value is -1.10. The van der Waals surface area contributed by atoms with Gasteiger partial charge in [-0.15, -0.1) is 0 Å². The molecule has 0 fully saturated rings. The minimum Gasteiger partial charge on any atom is -0.481 e. The maximum atomic E-state index is 11.4. The van der Waals surface area contributed by atoms with Gasteiger partial charge >= 0.3 is 5.97 Å². The fourth-order valence-electron chi connectivity index (χ4n) is 1.43. The summed E-state index contributed by atoms with van der Waals surface area (Å²) >= 11 is 0. The second kappa shape index (κ2) is 8.98. The van der Waals surface area contributed by atoms with Crippen LogP contribution in [-0.4, -0.2) is 29.6 Å². The third-order valence-corrected chi connectivity index (χ3v) is 2.51. The highest BCUT2D eigenvalue weighted by Gasteiger charge is 2.13. The van der Waals surface area contributed by atoms with Crippen molar-refractivity contribution in [2.24, 2.45) is 11.7 Å². The van der Waals surface area contributed by atoms with Crippen LogP contribution in [0.4, 0.5) is 0 Å². The molecule has 1 unspecified atom stereocenters. The molecule has 0 saturated carbocycles. The number of amides is 1. The van der Waals surface area contributed by atoms with Gasteiger partial charge in [0.1, 0.15) is 0 Å². The quantitative estimate of drug-likeness (QED) is 0.530. The fraction of sp³-hybridized carbons (Fsp3) is 0.833. The Morgan fingerprint density at radius 3 is 2.41 bits per heavy atom. The zero-order chi connectivity index (χ0) is 13.3. The summed E-state index contributed by atoms with van der Waals surface area (Å²) < 4.78 is 0. The molecule has 4 N–H and O–H groups in total. The van der Waals surface area contributed by atoms with Gasteiger partial charge in [0.05, 0.1) is 6.04 Å². The van der Waals surface area contributed by atoms with Crippen LogP contribution in [0.25, 0.3) is 0 Å². The van der Waals surface area contributed by atoms with Crippen LogP contribution in [0, 0.1) is 5.92 Å². The second-order valence-corrected chi connectivity index (χ2v) is 4.72. The zero-order valence-corrected chi connectivity index (χ0v) is 10.7. The van der Waals surface area contributed by atoms with Crippen molar-refractivity contribution >= 4 is 11.9 Å². The first-order valence-electron chi connectivity index (χ1n) is 6.18. The SMILES string of the molecule is CC(C)CCCCNC(=O)C(N)CCC(=O)O. The van der Waals surface area contributed by atoms with E-state index in [1.165, 1.54) is 0 Å². The first-order chi connectivity index (χ1) is 7.93. The van der Waals surface area contributed by atoms with E-state index in [1.54, 1.807) is 0 Å². The lowest BCUT2D eigenvalue weighted by Crippen LogP contribution is -2.41. The normalized spacial score (nSPS) is 12.5. The fourth-order valence-corrected chi connectivity index (χ4v) is 1.43. The first-order valence-corrected chi connectivity index (χ1v) is 6.18. The number of carbonyl (C=O) groups is 2. The van der Waals surface area contributed by atoms with Gasteiger partial charge in [-0.05, 0) is 18.8 Å². The largest absolute Gasteiger partial charge is 0.481 e. The third-order valence-electron chi connectivity index (χ3n) is 2.51. The Labute approximate surface area is 103 Å². The van der Waals surface area contributed by atoms with Gasteiger partial charge in [-0.25, -0.2) is 0 Å². The molecule has 0 rings (SSSR count). The number of carbonyl (C=O) groups excluding carboxylic acids is 1. The number of unbranched alkanes of at least 4 members (excludes halogenated alkanes) is 1. The lowest BCUT2D eigenvalue weighted by molar-refractivity contribution is -0.137. The van der Waals surface area contributed by atoms with Crippen molar-refractivity contribution in [2.75, 3.05) is 6.54 Å². The maximum absolute atomic E-state index is 11.4. The van der Waals surface area contributed by atoms with E-state index >= 15 is 0 Å². The van der Waals surface area contributed by atoms with Crippen LogP contribution >= 0.6 is 0 Å². The minimum absolute atomic E-state index is 0.0675. The van der Waals surface area contributed by atoms with E-state index in [2.05, 4.69) is 19.2 Å². The van der Waals surface area contributed by atoms with E-state index in [0.29, 0.717) is 12.5 Å². The van der Waals surface area contributed by atoms with Crippen LogP contribution in [0.2, 0.25) is 0 Å². The molecule has 0 bridgehead atoms. The van der Waals surface area contributed by atoms with Gasteiger partial charge in [-0.3, -0.25) is 9.59 Å². The lowest BCUT2D eigenvalue weighted by atomic mass is 10.1. The van der Waals surface area contributed by atoms with E-state index in [0.717, 1.165) is 19.3 Å². The van der Waals surface area contributed by atoms with E-state index in [1.807, 2.05) is 0 Å². The average molecular weight is 244 g/mol. The van der Waals surface area contributed by atoms with Gasteiger partial charge in [0, 0.05) is 13.0 Å². The van der Waals surface area contributed by atoms with Crippen LogP contribution in [0.5, 0.6) is 0 Å². The Balaban J connectivity index is 3.53. The van der Waals surface area contributed by atoms with Crippen LogP contribution in [0.15, 0.2) is 0 Å². The highest BCUT2D eigenvalue weighted by Crippen LogP contribution is 2.05. The first kappa shape index (κ1) is 15.9. The van der Waals surface area contributed by atoms with Gasteiger partial charge in [0.25, 0.3) is 0 Å². The molecular formula is C12H24N2O3. The molecule has 0 aromatic carbocycles.